The molecule has 0 amide bonds. The second-order valence-corrected chi connectivity index (χ2v) is 4.91. The Morgan fingerprint density at radius 2 is 2.28 bits per heavy atom. The summed E-state index contributed by atoms with van der Waals surface area (Å²) in [5, 5.41) is 8.61. The maximum absolute atomic E-state index is 5.69. The Labute approximate surface area is 107 Å². The maximum atomic E-state index is 5.69. The lowest BCUT2D eigenvalue weighted by molar-refractivity contribution is 0.352. The first-order valence-electron chi connectivity index (χ1n) is 6.57. The van der Waals surface area contributed by atoms with Crippen LogP contribution in [-0.4, -0.2) is 39.1 Å². The summed E-state index contributed by atoms with van der Waals surface area (Å²) in [6.45, 7) is 6.12. The monoisotopic (exact) mass is 245 g/mol. The third-order valence-electron chi connectivity index (χ3n) is 3.81. The zero-order valence-corrected chi connectivity index (χ0v) is 10.7. The van der Waals surface area contributed by atoms with Gasteiger partial charge < -0.3 is 10.6 Å². The Morgan fingerprint density at radius 1 is 1.39 bits per heavy atom. The predicted octanol–water partition coefficient (Wildman–Crippen LogP) is 0.997. The highest BCUT2D eigenvalue weighted by molar-refractivity contribution is 5.40. The van der Waals surface area contributed by atoms with E-state index >= 15 is 0 Å². The summed E-state index contributed by atoms with van der Waals surface area (Å²) in [4.78, 5) is 2.46. The Kier molecular flexibility index (Phi) is 3.01. The van der Waals surface area contributed by atoms with Gasteiger partial charge in [0.25, 0.3) is 0 Å². The van der Waals surface area contributed by atoms with Crippen molar-refractivity contribution >= 4 is 5.65 Å². The summed E-state index contributed by atoms with van der Waals surface area (Å²) >= 11 is 0. The predicted molar refractivity (Wildman–Crippen MR) is 70.4 cm³/mol. The molecule has 2 N–H and O–H groups in total. The van der Waals surface area contributed by atoms with Gasteiger partial charge in [-0.3, -0.25) is 4.40 Å². The highest BCUT2D eigenvalue weighted by Gasteiger charge is 2.26. The molecule has 2 aromatic heterocycles. The van der Waals surface area contributed by atoms with Crippen LogP contribution in [0.3, 0.4) is 0 Å². The molecule has 1 aliphatic rings. The number of pyridine rings is 1. The van der Waals surface area contributed by atoms with E-state index in [4.69, 9.17) is 5.73 Å². The smallest absolute Gasteiger partial charge is 0.160 e. The summed E-state index contributed by atoms with van der Waals surface area (Å²) in [7, 11) is 0. The van der Waals surface area contributed by atoms with E-state index in [1.165, 1.54) is 6.42 Å². The third-order valence-corrected chi connectivity index (χ3v) is 3.81. The number of hydrogen-bond donors (Lipinski definition) is 1. The van der Waals surface area contributed by atoms with E-state index in [9.17, 15) is 0 Å². The molecule has 2 aromatic rings. The minimum atomic E-state index is 0.493. The van der Waals surface area contributed by atoms with Crippen molar-refractivity contribution in [2.24, 2.45) is 5.73 Å². The number of nitrogens with two attached hydrogens (primary N) is 1. The normalized spacial score (nSPS) is 20.9. The maximum Gasteiger partial charge on any atom is 0.160 e. The van der Waals surface area contributed by atoms with Crippen molar-refractivity contribution in [1.82, 2.24) is 19.5 Å². The molecule has 0 bridgehead atoms. The molecule has 0 spiro atoms. The van der Waals surface area contributed by atoms with E-state index in [2.05, 4.69) is 32.6 Å². The lowest BCUT2D eigenvalue weighted by Crippen LogP contribution is -2.19. The first-order valence-corrected chi connectivity index (χ1v) is 6.57. The van der Waals surface area contributed by atoms with E-state index in [1.54, 1.807) is 0 Å². The van der Waals surface area contributed by atoms with Gasteiger partial charge in [0.05, 0.1) is 0 Å². The van der Waals surface area contributed by atoms with Gasteiger partial charge in [0.15, 0.2) is 5.65 Å². The first kappa shape index (κ1) is 11.6. The van der Waals surface area contributed by atoms with Crippen molar-refractivity contribution in [3.63, 3.8) is 0 Å². The third kappa shape index (κ3) is 1.89. The number of aromatic nitrogens is 3. The number of hydrogen-bond acceptors (Lipinski definition) is 4. The number of likely N-dealkylation sites (N-methyl/N-ethyl adjacent to an activating group) is 1. The topological polar surface area (TPSA) is 59.5 Å². The zero-order chi connectivity index (χ0) is 12.5. The lowest BCUT2D eigenvalue weighted by atomic mass is 10.1. The molecule has 18 heavy (non-hydrogen) atoms. The van der Waals surface area contributed by atoms with E-state index in [0.717, 1.165) is 36.7 Å². The van der Waals surface area contributed by atoms with E-state index in [-0.39, 0.29) is 0 Å². The minimum Gasteiger partial charge on any atom is -0.326 e. The van der Waals surface area contributed by atoms with Crippen LogP contribution in [0.1, 0.15) is 30.7 Å². The van der Waals surface area contributed by atoms with Gasteiger partial charge in [-0.1, -0.05) is 13.0 Å². The number of rotatable bonds is 3. The quantitative estimate of drug-likeness (QED) is 0.876. The lowest BCUT2D eigenvalue weighted by Gasteiger charge is -2.12. The fraction of sp³-hybridized carbons (Fsp3) is 0.538. The van der Waals surface area contributed by atoms with Crippen LogP contribution in [0.2, 0.25) is 0 Å². The standard InChI is InChI=1S/C13H19N5/c1-2-17-6-5-11(9-17)13-16-15-12-4-3-10(7-14)8-18(12)13/h3-4,8,11H,2,5-7,9,14H2,1H3. The second kappa shape index (κ2) is 4.66. The Balaban J connectivity index is 1.96. The number of nitrogens with zero attached hydrogens (tertiary/aromatic N) is 4. The molecule has 0 radical (unpaired) electrons. The summed E-state index contributed by atoms with van der Waals surface area (Å²) in [6, 6.07) is 4.01. The summed E-state index contributed by atoms with van der Waals surface area (Å²) in [5.41, 5.74) is 7.73. The largest absolute Gasteiger partial charge is 0.326 e. The molecule has 0 aliphatic carbocycles. The molecule has 1 aliphatic heterocycles. The van der Waals surface area contributed by atoms with Crippen LogP contribution < -0.4 is 5.73 Å². The van der Waals surface area contributed by atoms with Gasteiger partial charge in [0, 0.05) is 25.2 Å². The van der Waals surface area contributed by atoms with Gasteiger partial charge in [0.2, 0.25) is 0 Å². The molecule has 1 saturated heterocycles. The van der Waals surface area contributed by atoms with E-state index < -0.39 is 0 Å². The molecule has 3 rings (SSSR count). The van der Waals surface area contributed by atoms with E-state index in [0.29, 0.717) is 12.5 Å². The molecule has 1 unspecified atom stereocenters. The number of likely N-dealkylation sites (tertiary alicyclic amines) is 1. The second-order valence-electron chi connectivity index (χ2n) is 4.91. The van der Waals surface area contributed by atoms with Crippen molar-refractivity contribution < 1.29 is 0 Å². The van der Waals surface area contributed by atoms with Gasteiger partial charge in [-0.05, 0) is 31.1 Å². The highest BCUT2D eigenvalue weighted by Crippen LogP contribution is 2.26. The van der Waals surface area contributed by atoms with Crippen LogP contribution >= 0.6 is 0 Å². The van der Waals surface area contributed by atoms with Gasteiger partial charge in [-0.15, -0.1) is 10.2 Å². The van der Waals surface area contributed by atoms with Crippen LogP contribution in [0, 0.1) is 0 Å². The fourth-order valence-electron chi connectivity index (χ4n) is 2.68. The van der Waals surface area contributed by atoms with Gasteiger partial charge in [-0.2, -0.15) is 0 Å². The van der Waals surface area contributed by atoms with E-state index in [1.807, 2.05) is 12.1 Å². The minimum absolute atomic E-state index is 0.493. The van der Waals surface area contributed by atoms with Gasteiger partial charge in [-0.25, -0.2) is 0 Å². The molecule has 5 heteroatoms. The van der Waals surface area contributed by atoms with Crippen LogP contribution in [0.5, 0.6) is 0 Å². The molecule has 0 saturated carbocycles. The van der Waals surface area contributed by atoms with Crippen molar-refractivity contribution in [2.45, 2.75) is 25.8 Å². The number of fused-ring (bicyclic) bond motifs is 1. The molecule has 1 atom stereocenters. The first-order chi connectivity index (χ1) is 8.81. The van der Waals surface area contributed by atoms with Gasteiger partial charge >= 0.3 is 0 Å². The van der Waals surface area contributed by atoms with Crippen LogP contribution in [0.4, 0.5) is 0 Å². The average molecular weight is 245 g/mol. The Hall–Kier alpha value is -1.46. The van der Waals surface area contributed by atoms with Crippen molar-refractivity contribution in [3.05, 3.63) is 29.7 Å². The van der Waals surface area contributed by atoms with Crippen LogP contribution in [-0.2, 0) is 6.54 Å². The zero-order valence-electron chi connectivity index (χ0n) is 10.7. The van der Waals surface area contributed by atoms with Crippen molar-refractivity contribution in [1.29, 1.82) is 0 Å². The highest BCUT2D eigenvalue weighted by atomic mass is 15.3. The molecule has 5 nitrogen and oxygen atoms in total. The van der Waals surface area contributed by atoms with Crippen LogP contribution in [0.25, 0.3) is 5.65 Å². The molecular weight excluding hydrogens is 226 g/mol. The molecule has 1 fully saturated rings. The molecule has 0 aromatic carbocycles. The van der Waals surface area contributed by atoms with Crippen molar-refractivity contribution in [3.8, 4) is 0 Å². The molecule has 96 valence electrons. The van der Waals surface area contributed by atoms with Gasteiger partial charge in [0.1, 0.15) is 5.82 Å². The SMILES string of the molecule is CCN1CCC(c2nnc3ccc(CN)cn23)C1. The molecule has 3 heterocycles. The molecular formula is C13H19N5. The summed E-state index contributed by atoms with van der Waals surface area (Å²) in [5.74, 6) is 1.57. The Bertz CT molecular complexity index is 547. The average Bonchev–Trinajstić information content (AvgIpc) is 3.03. The summed E-state index contributed by atoms with van der Waals surface area (Å²) in [6.07, 6.45) is 3.24. The van der Waals surface area contributed by atoms with Crippen LogP contribution in [0.15, 0.2) is 18.3 Å². The van der Waals surface area contributed by atoms with Crippen molar-refractivity contribution in [2.75, 3.05) is 19.6 Å². The fourth-order valence-corrected chi connectivity index (χ4v) is 2.68. The Morgan fingerprint density at radius 3 is 3.00 bits per heavy atom. The summed E-state index contributed by atoms with van der Waals surface area (Å²) < 4.78 is 2.10.